The Labute approximate surface area is 155 Å². The van der Waals surface area contributed by atoms with E-state index in [-0.39, 0.29) is 0 Å². The van der Waals surface area contributed by atoms with Crippen molar-refractivity contribution in [2.24, 2.45) is 0 Å². The molecule has 6 heteroatoms. The first kappa shape index (κ1) is 17.8. The molecule has 4 nitrogen and oxygen atoms in total. The molecule has 0 radical (unpaired) electrons. The maximum Gasteiger partial charge on any atom is 0.329 e. The normalized spacial score (nSPS) is 16.2. The van der Waals surface area contributed by atoms with Crippen molar-refractivity contribution in [3.63, 3.8) is 0 Å². The molecular weight excluding hydrogens is 358 g/mol. The second-order valence-electron chi connectivity index (χ2n) is 6.01. The highest BCUT2D eigenvalue weighted by molar-refractivity contribution is 7.99. The van der Waals surface area contributed by atoms with Crippen molar-refractivity contribution < 1.29 is 14.7 Å². The molecule has 0 aliphatic carbocycles. The number of hydrogen-bond donors (Lipinski definition) is 2. The number of nitrogens with one attached hydrogen (secondary N) is 1. The molecule has 1 amide bonds. The third-order valence-corrected chi connectivity index (χ3v) is 5.74. The average molecular weight is 376 g/mol. The summed E-state index contributed by atoms with van der Waals surface area (Å²) in [6, 6.07) is 14.9. The minimum Gasteiger partial charge on any atom is -0.480 e. The van der Waals surface area contributed by atoms with Crippen LogP contribution in [0.1, 0.15) is 23.2 Å². The number of benzene rings is 2. The fraction of sp³-hybridized carbons (Fsp3) is 0.263. The van der Waals surface area contributed by atoms with Crippen molar-refractivity contribution in [3.05, 3.63) is 59.1 Å². The summed E-state index contributed by atoms with van der Waals surface area (Å²) in [5, 5.41) is 12.7. The van der Waals surface area contributed by atoms with Gasteiger partial charge < -0.3 is 10.4 Å². The molecule has 0 atom stereocenters. The monoisotopic (exact) mass is 375 g/mol. The molecule has 1 heterocycles. The highest BCUT2D eigenvalue weighted by Crippen LogP contribution is 2.30. The molecule has 1 aliphatic rings. The molecule has 25 heavy (non-hydrogen) atoms. The maximum absolute atomic E-state index is 12.8. The highest BCUT2D eigenvalue weighted by Gasteiger charge is 2.41. The molecule has 0 bridgehead atoms. The molecular formula is C19H18ClNO3S. The van der Waals surface area contributed by atoms with Gasteiger partial charge in [0.2, 0.25) is 0 Å². The number of carbonyl (C=O) groups is 2. The standard InChI is InChI=1S/C19H18ClNO3S/c20-16-7-6-14(13-4-2-1-3-5-13)12-15(16)17(22)21-19(18(23)24)8-10-25-11-9-19/h1-7,12H,8-11H2,(H,21,22)(H,23,24). The number of aliphatic carboxylic acids is 1. The molecule has 2 N–H and O–H groups in total. The largest absolute Gasteiger partial charge is 0.480 e. The topological polar surface area (TPSA) is 66.4 Å². The molecule has 0 unspecified atom stereocenters. The van der Waals surface area contributed by atoms with Crippen LogP contribution in [0.15, 0.2) is 48.5 Å². The lowest BCUT2D eigenvalue weighted by atomic mass is 9.91. The van der Waals surface area contributed by atoms with Crippen LogP contribution in [-0.2, 0) is 4.79 Å². The third-order valence-electron chi connectivity index (χ3n) is 4.43. The summed E-state index contributed by atoms with van der Waals surface area (Å²) in [5.41, 5.74) is 0.907. The van der Waals surface area contributed by atoms with Crippen LogP contribution >= 0.6 is 23.4 Å². The summed E-state index contributed by atoms with van der Waals surface area (Å²) < 4.78 is 0. The summed E-state index contributed by atoms with van der Waals surface area (Å²) in [6.45, 7) is 0. The Kier molecular flexibility index (Phi) is 5.35. The van der Waals surface area contributed by atoms with Gasteiger partial charge in [-0.25, -0.2) is 4.79 Å². The number of halogens is 1. The average Bonchev–Trinajstić information content (AvgIpc) is 2.63. The molecule has 130 valence electrons. The van der Waals surface area contributed by atoms with E-state index in [2.05, 4.69) is 5.32 Å². The van der Waals surface area contributed by atoms with Crippen LogP contribution in [0.3, 0.4) is 0 Å². The van der Waals surface area contributed by atoms with Crippen molar-refractivity contribution in [1.82, 2.24) is 5.32 Å². The maximum atomic E-state index is 12.8. The lowest BCUT2D eigenvalue weighted by molar-refractivity contribution is -0.144. The van der Waals surface area contributed by atoms with E-state index in [0.29, 0.717) is 34.9 Å². The summed E-state index contributed by atoms with van der Waals surface area (Å²) in [5.74, 6) is -0.0112. The van der Waals surface area contributed by atoms with Crippen LogP contribution < -0.4 is 5.32 Å². The van der Waals surface area contributed by atoms with Gasteiger partial charge in [-0.3, -0.25) is 4.79 Å². The number of thioether (sulfide) groups is 1. The highest BCUT2D eigenvalue weighted by atomic mass is 35.5. The van der Waals surface area contributed by atoms with Gasteiger partial charge in [0, 0.05) is 0 Å². The smallest absolute Gasteiger partial charge is 0.329 e. The Morgan fingerprint density at radius 2 is 1.72 bits per heavy atom. The van der Waals surface area contributed by atoms with Gasteiger partial charge in [-0.05, 0) is 47.6 Å². The Balaban J connectivity index is 1.90. The predicted molar refractivity (Wildman–Crippen MR) is 101 cm³/mol. The van der Waals surface area contributed by atoms with Crippen LogP contribution in [-0.4, -0.2) is 34.0 Å². The number of carboxylic acid groups (broad SMARTS) is 1. The van der Waals surface area contributed by atoms with E-state index in [0.717, 1.165) is 11.1 Å². The van der Waals surface area contributed by atoms with Gasteiger partial charge in [0.1, 0.15) is 5.54 Å². The number of rotatable bonds is 4. The first-order valence-corrected chi connectivity index (χ1v) is 9.54. The van der Waals surface area contributed by atoms with Crippen LogP contribution in [0, 0.1) is 0 Å². The van der Waals surface area contributed by atoms with Crippen molar-refractivity contribution >= 4 is 35.2 Å². The number of amides is 1. The van der Waals surface area contributed by atoms with E-state index in [1.165, 1.54) is 0 Å². The molecule has 0 spiro atoms. The van der Waals surface area contributed by atoms with Gasteiger partial charge in [-0.2, -0.15) is 11.8 Å². The second kappa shape index (κ2) is 7.50. The molecule has 0 saturated carbocycles. The Morgan fingerprint density at radius 1 is 1.04 bits per heavy atom. The van der Waals surface area contributed by atoms with Crippen molar-refractivity contribution in [3.8, 4) is 11.1 Å². The molecule has 0 aromatic heterocycles. The quantitative estimate of drug-likeness (QED) is 0.844. The minimum atomic E-state index is -1.21. The third kappa shape index (κ3) is 3.83. The van der Waals surface area contributed by atoms with Gasteiger partial charge in [0.15, 0.2) is 0 Å². The molecule has 1 aliphatic heterocycles. The van der Waals surface area contributed by atoms with Crippen molar-refractivity contribution in [2.75, 3.05) is 11.5 Å². The van der Waals surface area contributed by atoms with Crippen molar-refractivity contribution in [2.45, 2.75) is 18.4 Å². The first-order valence-electron chi connectivity index (χ1n) is 8.00. The van der Waals surface area contributed by atoms with Crippen LogP contribution in [0.5, 0.6) is 0 Å². The van der Waals surface area contributed by atoms with E-state index in [9.17, 15) is 14.7 Å². The minimum absolute atomic E-state index is 0.293. The van der Waals surface area contributed by atoms with Gasteiger partial charge in [-0.15, -0.1) is 0 Å². The molecule has 1 fully saturated rings. The number of carbonyl (C=O) groups excluding carboxylic acids is 1. The van der Waals surface area contributed by atoms with Gasteiger partial charge in [0.05, 0.1) is 10.6 Å². The van der Waals surface area contributed by atoms with Crippen LogP contribution in [0.2, 0.25) is 5.02 Å². The number of carboxylic acids is 1. The molecule has 2 aromatic carbocycles. The summed E-state index contributed by atoms with van der Waals surface area (Å²) in [6.07, 6.45) is 0.823. The van der Waals surface area contributed by atoms with Gasteiger partial charge >= 0.3 is 5.97 Å². The Morgan fingerprint density at radius 3 is 2.36 bits per heavy atom. The van der Waals surface area contributed by atoms with E-state index >= 15 is 0 Å². The molecule has 3 rings (SSSR count). The zero-order valence-corrected chi connectivity index (χ0v) is 15.1. The van der Waals surface area contributed by atoms with E-state index in [1.54, 1.807) is 23.9 Å². The fourth-order valence-electron chi connectivity index (χ4n) is 2.91. The van der Waals surface area contributed by atoms with E-state index in [4.69, 9.17) is 11.6 Å². The number of hydrogen-bond acceptors (Lipinski definition) is 3. The second-order valence-corrected chi connectivity index (χ2v) is 7.65. The van der Waals surface area contributed by atoms with Gasteiger partial charge in [-0.1, -0.05) is 48.0 Å². The van der Waals surface area contributed by atoms with E-state index < -0.39 is 17.4 Å². The fourth-order valence-corrected chi connectivity index (χ4v) is 4.30. The Hall–Kier alpha value is -1.98. The lowest BCUT2D eigenvalue weighted by Crippen LogP contribution is -2.56. The molecule has 1 saturated heterocycles. The zero-order chi connectivity index (χ0) is 17.9. The molecule has 2 aromatic rings. The summed E-state index contributed by atoms with van der Waals surface area (Å²) in [7, 11) is 0. The van der Waals surface area contributed by atoms with Gasteiger partial charge in [0.25, 0.3) is 5.91 Å². The van der Waals surface area contributed by atoms with Crippen molar-refractivity contribution in [1.29, 1.82) is 0 Å². The zero-order valence-electron chi connectivity index (χ0n) is 13.5. The van der Waals surface area contributed by atoms with Crippen LogP contribution in [0.4, 0.5) is 0 Å². The van der Waals surface area contributed by atoms with Crippen LogP contribution in [0.25, 0.3) is 11.1 Å². The summed E-state index contributed by atoms with van der Waals surface area (Å²) in [4.78, 5) is 24.5. The SMILES string of the molecule is O=C(NC1(C(=O)O)CCSCC1)c1cc(-c2ccccc2)ccc1Cl. The van der Waals surface area contributed by atoms with E-state index in [1.807, 2.05) is 36.4 Å². The lowest BCUT2D eigenvalue weighted by Gasteiger charge is -2.33. The first-order chi connectivity index (χ1) is 12.0. The Bertz CT molecular complexity index is 789. The predicted octanol–water partition coefficient (Wildman–Crippen LogP) is 4.09. The summed E-state index contributed by atoms with van der Waals surface area (Å²) >= 11 is 7.91.